The first-order chi connectivity index (χ1) is 4.22. The van der Waals surface area contributed by atoms with Gasteiger partial charge in [0.1, 0.15) is 0 Å². The third-order valence-electron chi connectivity index (χ3n) is 1.22. The first-order valence-electron chi connectivity index (χ1n) is 2.69. The molecule has 0 fully saturated rings. The fourth-order valence-electron chi connectivity index (χ4n) is 0.643. The van der Waals surface area contributed by atoms with Crippen LogP contribution in [0.3, 0.4) is 0 Å². The fraction of sp³-hybridized carbons (Fsp3) is 0.143. The summed E-state index contributed by atoms with van der Waals surface area (Å²) in [7, 11) is 0. The molecule has 0 saturated carbocycles. The van der Waals surface area contributed by atoms with E-state index >= 15 is 0 Å². The van der Waals surface area contributed by atoms with Crippen molar-refractivity contribution in [2.75, 3.05) is 0 Å². The monoisotopic (exact) mass is 135 g/mol. The largest absolute Gasteiger partial charge is 0.504 e. The van der Waals surface area contributed by atoms with Crippen molar-refractivity contribution in [3.05, 3.63) is 23.8 Å². The quantitative estimate of drug-likeness (QED) is 0.411. The molecule has 1 rings (SSSR count). The smallest absolute Gasteiger partial charge is 0.160 e. The van der Waals surface area contributed by atoms with Crippen LogP contribution in [0.2, 0.25) is 0 Å². The Bertz CT molecular complexity index is 203. The van der Waals surface area contributed by atoms with Crippen molar-refractivity contribution < 1.29 is 10.2 Å². The summed E-state index contributed by atoms with van der Waals surface area (Å²) in [5, 5.41) is 17.8. The highest BCUT2D eigenvalue weighted by Crippen LogP contribution is 2.26. The van der Waals surface area contributed by atoms with Crippen LogP contribution >= 0.6 is 0 Å². The van der Waals surface area contributed by atoms with E-state index in [9.17, 15) is 0 Å². The molecule has 0 aliphatic carbocycles. The Balaban J connectivity index is 0.000000810. The molecule has 0 unspecified atom stereocenters. The number of hydrogen-bond acceptors (Lipinski definition) is 2. The van der Waals surface area contributed by atoms with Crippen LogP contribution in [0.15, 0.2) is 18.2 Å². The Kier molecular flexibility index (Phi) is 2.80. The van der Waals surface area contributed by atoms with Gasteiger partial charge >= 0.3 is 0 Å². The summed E-state index contributed by atoms with van der Waals surface area (Å²) in [5.41, 5.74) is 0.690. The van der Waals surface area contributed by atoms with Crippen LogP contribution in [-0.2, 0) is 0 Å². The Labute approximate surface area is 61.7 Å². The van der Waals surface area contributed by atoms with E-state index < -0.39 is 0 Å². The maximum Gasteiger partial charge on any atom is 0.160 e. The fourth-order valence-corrected chi connectivity index (χ4v) is 0.643. The minimum atomic E-state index is -0.0602. The molecule has 0 spiro atoms. The molecule has 0 saturated heterocycles. The van der Waals surface area contributed by atoms with Gasteiger partial charge in [-0.3, -0.25) is 0 Å². The summed E-state index contributed by atoms with van der Waals surface area (Å²) in [6.07, 6.45) is 0. The average molecular weight is 135 g/mol. The SMILES string of the molecule is Cc1cccc(O)c1O.[B]. The zero-order chi connectivity index (χ0) is 6.85. The first kappa shape index (κ1) is 8.88. The van der Waals surface area contributed by atoms with Gasteiger partial charge in [-0.2, -0.15) is 0 Å². The Hall–Kier alpha value is -1.12. The maximum absolute atomic E-state index is 8.96. The molecule has 51 valence electrons. The standard InChI is InChI=1S/C7H8O2.B/c1-5-3-2-4-6(8)7(5)9;/h2-4,8-9H,1H3;. The van der Waals surface area contributed by atoms with Gasteiger partial charge in [-0.1, -0.05) is 12.1 Å². The van der Waals surface area contributed by atoms with Crippen molar-refractivity contribution in [1.82, 2.24) is 0 Å². The van der Waals surface area contributed by atoms with Gasteiger partial charge in [0, 0.05) is 8.41 Å². The van der Waals surface area contributed by atoms with Gasteiger partial charge in [-0.05, 0) is 18.6 Å². The molecular formula is C7H8BO2. The van der Waals surface area contributed by atoms with E-state index in [1.165, 1.54) is 6.07 Å². The number of hydrogen-bond donors (Lipinski definition) is 2. The second-order valence-corrected chi connectivity index (χ2v) is 1.94. The Morgan fingerprint density at radius 3 is 2.20 bits per heavy atom. The topological polar surface area (TPSA) is 40.5 Å². The summed E-state index contributed by atoms with van der Waals surface area (Å²) in [6, 6.07) is 4.86. The molecule has 0 aromatic heterocycles. The zero-order valence-corrected chi connectivity index (χ0v) is 5.70. The second-order valence-electron chi connectivity index (χ2n) is 1.94. The lowest BCUT2D eigenvalue weighted by molar-refractivity contribution is 0.401. The number of aryl methyl sites for hydroxylation is 1. The number of phenolic OH excluding ortho intramolecular Hbond substituents is 2. The molecule has 3 heteroatoms. The van der Waals surface area contributed by atoms with Crippen molar-refractivity contribution in [2.24, 2.45) is 0 Å². The van der Waals surface area contributed by atoms with Crippen molar-refractivity contribution in [2.45, 2.75) is 6.92 Å². The number of para-hydroxylation sites is 1. The third kappa shape index (κ3) is 1.44. The summed E-state index contributed by atoms with van der Waals surface area (Å²) >= 11 is 0. The van der Waals surface area contributed by atoms with E-state index in [0.29, 0.717) is 5.56 Å². The van der Waals surface area contributed by atoms with Crippen LogP contribution in [0.5, 0.6) is 11.5 Å². The van der Waals surface area contributed by atoms with Crippen molar-refractivity contribution in [1.29, 1.82) is 0 Å². The molecule has 1 aromatic rings. The number of phenols is 2. The summed E-state index contributed by atoms with van der Waals surface area (Å²) in [5.74, 6) is -0.0903. The zero-order valence-electron chi connectivity index (χ0n) is 5.70. The lowest BCUT2D eigenvalue weighted by atomic mass is 10.2. The van der Waals surface area contributed by atoms with Crippen LogP contribution in [0.4, 0.5) is 0 Å². The highest BCUT2D eigenvalue weighted by atomic mass is 16.3. The minimum Gasteiger partial charge on any atom is -0.504 e. The van der Waals surface area contributed by atoms with Gasteiger partial charge in [0.25, 0.3) is 0 Å². The molecule has 2 nitrogen and oxygen atoms in total. The van der Waals surface area contributed by atoms with Gasteiger partial charge in [-0.25, -0.2) is 0 Å². The molecule has 2 N–H and O–H groups in total. The van der Waals surface area contributed by atoms with Crippen molar-refractivity contribution >= 4 is 8.41 Å². The van der Waals surface area contributed by atoms with E-state index in [-0.39, 0.29) is 19.9 Å². The Morgan fingerprint density at radius 2 is 1.80 bits per heavy atom. The lowest BCUT2D eigenvalue weighted by Crippen LogP contribution is -1.72. The van der Waals surface area contributed by atoms with Crippen LogP contribution in [0.1, 0.15) is 5.56 Å². The number of aromatic hydroxyl groups is 2. The normalized spacial score (nSPS) is 8.50. The molecule has 3 radical (unpaired) electrons. The highest BCUT2D eigenvalue weighted by molar-refractivity contribution is 5.75. The molecule has 10 heavy (non-hydrogen) atoms. The summed E-state index contributed by atoms with van der Waals surface area (Å²) < 4.78 is 0. The summed E-state index contributed by atoms with van der Waals surface area (Å²) in [6.45, 7) is 1.73. The average Bonchev–Trinajstić information content (AvgIpc) is 1.83. The number of benzene rings is 1. The van der Waals surface area contributed by atoms with Crippen molar-refractivity contribution in [3.63, 3.8) is 0 Å². The Morgan fingerprint density at radius 1 is 1.20 bits per heavy atom. The maximum atomic E-state index is 8.96. The van der Waals surface area contributed by atoms with Crippen LogP contribution in [-0.4, -0.2) is 18.6 Å². The molecule has 0 atom stereocenters. The van der Waals surface area contributed by atoms with E-state index in [0.717, 1.165) is 0 Å². The van der Waals surface area contributed by atoms with E-state index in [1.807, 2.05) is 0 Å². The molecule has 0 aliphatic rings. The lowest BCUT2D eigenvalue weighted by Gasteiger charge is -1.97. The van der Waals surface area contributed by atoms with Gasteiger partial charge in [-0.15, -0.1) is 0 Å². The van der Waals surface area contributed by atoms with Gasteiger partial charge in [0.15, 0.2) is 11.5 Å². The number of rotatable bonds is 0. The van der Waals surface area contributed by atoms with Crippen LogP contribution in [0.25, 0.3) is 0 Å². The summed E-state index contributed by atoms with van der Waals surface area (Å²) in [4.78, 5) is 0. The third-order valence-corrected chi connectivity index (χ3v) is 1.22. The predicted octanol–water partition coefficient (Wildman–Crippen LogP) is 1.03. The first-order valence-corrected chi connectivity index (χ1v) is 2.69. The van der Waals surface area contributed by atoms with Gasteiger partial charge in [0.05, 0.1) is 0 Å². The van der Waals surface area contributed by atoms with Crippen LogP contribution < -0.4 is 0 Å². The molecule has 0 bridgehead atoms. The molecular weight excluding hydrogens is 127 g/mol. The van der Waals surface area contributed by atoms with Gasteiger partial charge in [0.2, 0.25) is 0 Å². The second kappa shape index (κ2) is 3.15. The van der Waals surface area contributed by atoms with E-state index in [2.05, 4.69) is 0 Å². The molecule has 0 amide bonds. The van der Waals surface area contributed by atoms with E-state index in [1.54, 1.807) is 19.1 Å². The predicted molar refractivity (Wildman–Crippen MR) is 40.3 cm³/mol. The van der Waals surface area contributed by atoms with Crippen molar-refractivity contribution in [3.8, 4) is 11.5 Å². The molecule has 1 aromatic carbocycles. The van der Waals surface area contributed by atoms with Crippen LogP contribution in [0, 0.1) is 6.92 Å². The molecule has 0 heterocycles. The molecule has 0 aliphatic heterocycles. The minimum absolute atomic E-state index is 0. The van der Waals surface area contributed by atoms with Gasteiger partial charge < -0.3 is 10.2 Å². The van der Waals surface area contributed by atoms with E-state index in [4.69, 9.17) is 10.2 Å². The highest BCUT2D eigenvalue weighted by Gasteiger charge is 1.98.